The molecule has 0 radical (unpaired) electrons. The van der Waals surface area contributed by atoms with Crippen molar-refractivity contribution in [3.8, 4) is 73.2 Å². The van der Waals surface area contributed by atoms with Gasteiger partial charge in [0.15, 0.2) is 0 Å². The van der Waals surface area contributed by atoms with E-state index in [1.807, 2.05) is 149 Å². The summed E-state index contributed by atoms with van der Waals surface area (Å²) in [5, 5.41) is 2.13. The summed E-state index contributed by atoms with van der Waals surface area (Å²) in [6, 6.07) is 53.6. The van der Waals surface area contributed by atoms with Crippen LogP contribution in [0, 0.1) is 0 Å². The van der Waals surface area contributed by atoms with Crippen LogP contribution in [0.25, 0.3) is 91.9 Å². The summed E-state index contributed by atoms with van der Waals surface area (Å²) >= 11 is 1.28. The van der Waals surface area contributed by atoms with Crippen LogP contribution >= 0.6 is 11.3 Å². The summed E-state index contributed by atoms with van der Waals surface area (Å²) in [5.41, 5.74) is 3.96. The van der Waals surface area contributed by atoms with Gasteiger partial charge < -0.3 is 9.47 Å². The third-order valence-electron chi connectivity index (χ3n) is 15.0. The number of hydrogen-bond donors (Lipinski definition) is 3. The molecule has 2 aromatic heterocycles. The molecule has 0 fully saturated rings. The van der Waals surface area contributed by atoms with Crippen LogP contribution in [0.15, 0.2) is 218 Å². The van der Waals surface area contributed by atoms with Crippen molar-refractivity contribution in [2.24, 2.45) is 0 Å². The highest BCUT2D eigenvalue weighted by Gasteiger charge is 2.30. The first-order chi connectivity index (χ1) is 40.1. The van der Waals surface area contributed by atoms with Gasteiger partial charge in [-0.2, -0.15) is 25.3 Å². The van der Waals surface area contributed by atoms with Crippen LogP contribution in [-0.2, 0) is 30.4 Å². The van der Waals surface area contributed by atoms with Crippen molar-refractivity contribution in [1.29, 1.82) is 0 Å². The van der Waals surface area contributed by atoms with Gasteiger partial charge in [0.05, 0.1) is 35.8 Å². The summed E-state index contributed by atoms with van der Waals surface area (Å²) in [7, 11) is -14.5. The summed E-state index contributed by atoms with van der Waals surface area (Å²) in [5.74, 6) is 0.300. The van der Waals surface area contributed by atoms with Crippen molar-refractivity contribution in [3.63, 3.8) is 0 Å². The minimum absolute atomic E-state index is 0.0195. The molecule has 12 aromatic rings. The molecule has 420 valence electrons. The molecule has 0 saturated carbocycles. The minimum Gasteiger partial charge on any atom is -0.455 e. The molecule has 0 aliphatic rings. The first-order valence-corrected chi connectivity index (χ1v) is 31.6. The third-order valence-corrected chi connectivity index (χ3v) is 18.7. The van der Waals surface area contributed by atoms with Crippen molar-refractivity contribution in [3.05, 3.63) is 226 Å². The van der Waals surface area contributed by atoms with Crippen LogP contribution in [0.2, 0.25) is 0 Å². The average Bonchev–Trinajstić information content (AvgIpc) is 0.738. The van der Waals surface area contributed by atoms with Gasteiger partial charge in [0.25, 0.3) is 41.5 Å². The second-order valence-electron chi connectivity index (χ2n) is 20.9. The van der Waals surface area contributed by atoms with E-state index in [-0.39, 0.29) is 62.1 Å². The summed E-state index contributed by atoms with van der Waals surface area (Å²) in [6.07, 6.45) is 0. The lowest BCUT2D eigenvalue weighted by atomic mass is 9.91. The van der Waals surface area contributed by atoms with E-state index in [0.29, 0.717) is 42.4 Å². The second-order valence-corrected chi connectivity index (χ2v) is 26.2. The molecule has 18 heteroatoms. The van der Waals surface area contributed by atoms with Crippen molar-refractivity contribution in [2.75, 3.05) is 0 Å². The third kappa shape index (κ3) is 9.90. The van der Waals surface area contributed by atoms with Gasteiger partial charge in [-0.15, -0.1) is 11.3 Å². The van der Waals surface area contributed by atoms with Gasteiger partial charge >= 0.3 is 0 Å². The molecule has 0 atom stereocenters. The van der Waals surface area contributed by atoms with E-state index < -0.39 is 56.2 Å². The number of rotatable bonds is 14. The number of hydrogen-bond acceptors (Lipinski definition) is 11. The maximum absolute atomic E-state index is 16.1. The van der Waals surface area contributed by atoms with Crippen LogP contribution in [0.3, 0.4) is 0 Å². The maximum Gasteiger partial charge on any atom is 0.294 e. The monoisotopic (exact) mass is 1190 g/mol. The predicted molar refractivity (Wildman–Crippen MR) is 330 cm³/mol. The Hall–Kier alpha value is -8.85. The second kappa shape index (κ2) is 21.1. The number of ether oxygens (including phenoxy) is 2. The molecule has 0 spiro atoms. The fourth-order valence-electron chi connectivity index (χ4n) is 11.1. The zero-order valence-electron chi connectivity index (χ0n) is 45.1. The molecule has 0 bridgehead atoms. The van der Waals surface area contributed by atoms with E-state index in [1.165, 1.54) is 46.2 Å². The van der Waals surface area contributed by atoms with Gasteiger partial charge in [-0.1, -0.05) is 167 Å². The SMILES string of the molecule is CC(C)c1cccc(C(C)C)c1-n1c(=O)c2cc(Oc3c(-c4ccc(S(=O)(=O)O)cc4)cc(S(=O)(=O)O)cc3-c3ccc(S(=O)(=O)O)cc3)c3sc4ccccc4c4c(Oc5c(-c6ccccc6)cccc5-c5ccccc5)cc(c1=O)c2c34. The van der Waals surface area contributed by atoms with Gasteiger partial charge in [0, 0.05) is 48.5 Å². The van der Waals surface area contributed by atoms with Crippen LogP contribution in [0.4, 0.5) is 0 Å². The Kier molecular flexibility index (Phi) is 14.0. The molecule has 0 amide bonds. The standard InChI is InChI=1S/C66H49NO13S4/c1-37(2)46-20-13-21-47(38(3)4)61(46)67-65(68)53-35-55(79-62-48(39-15-7-5-8-16-39)22-14-23-49(62)40-17-9-6-10-18-40)59-50-19-11-12-24-57(50)81-64-56(36-54(66(67)69)58(53)60(59)64)80-63-51(41-25-29-43(30-26-41)82(70,71)72)33-45(84(76,77)78)34-52(63)42-27-31-44(32-28-42)83(73,74)75/h5-38H,1-4H3,(H,70,71,72)(H,73,74,75)(H,76,77,78). The van der Waals surface area contributed by atoms with Gasteiger partial charge in [0.2, 0.25) is 0 Å². The highest BCUT2D eigenvalue weighted by atomic mass is 32.2. The van der Waals surface area contributed by atoms with Gasteiger partial charge in [-0.25, -0.2) is 4.57 Å². The molecule has 3 N–H and O–H groups in total. The zero-order chi connectivity index (χ0) is 59.1. The number of fused-ring (bicyclic) bond motifs is 2. The van der Waals surface area contributed by atoms with Crippen LogP contribution < -0.4 is 20.6 Å². The van der Waals surface area contributed by atoms with Gasteiger partial charge in [-0.05, 0) is 99.8 Å². The number of nitrogens with zero attached hydrogens (tertiary/aromatic N) is 1. The van der Waals surface area contributed by atoms with E-state index in [9.17, 15) is 38.9 Å². The molecule has 84 heavy (non-hydrogen) atoms. The Balaban J connectivity index is 1.26. The smallest absolute Gasteiger partial charge is 0.294 e. The molecule has 0 saturated heterocycles. The molecule has 2 heterocycles. The van der Waals surface area contributed by atoms with E-state index in [0.717, 1.165) is 69.8 Å². The lowest BCUT2D eigenvalue weighted by molar-refractivity contribution is 0.480. The van der Waals surface area contributed by atoms with Gasteiger partial charge in [0.1, 0.15) is 23.0 Å². The van der Waals surface area contributed by atoms with Crippen LogP contribution in [0.5, 0.6) is 23.0 Å². The average molecular weight is 1190 g/mol. The van der Waals surface area contributed by atoms with E-state index >= 15 is 9.59 Å². The lowest BCUT2D eigenvalue weighted by Gasteiger charge is -2.24. The topological polar surface area (TPSA) is 221 Å². The van der Waals surface area contributed by atoms with Crippen LogP contribution in [0.1, 0.15) is 50.7 Å². The largest absolute Gasteiger partial charge is 0.455 e. The summed E-state index contributed by atoms with van der Waals surface area (Å²) in [4.78, 5) is 30.4. The summed E-state index contributed by atoms with van der Waals surface area (Å²) in [6.45, 7) is 7.93. The van der Waals surface area contributed by atoms with Crippen molar-refractivity contribution in [2.45, 2.75) is 54.2 Å². The Morgan fingerprint density at radius 3 is 1.30 bits per heavy atom. The van der Waals surface area contributed by atoms with Gasteiger partial charge in [-0.3, -0.25) is 23.2 Å². The number of para-hydroxylation sites is 2. The first-order valence-electron chi connectivity index (χ1n) is 26.4. The Morgan fingerprint density at radius 2 is 0.821 bits per heavy atom. The number of pyridine rings is 1. The van der Waals surface area contributed by atoms with E-state index in [4.69, 9.17) is 9.47 Å². The predicted octanol–water partition coefficient (Wildman–Crippen LogP) is 15.5. The van der Waals surface area contributed by atoms with Crippen molar-refractivity contribution in [1.82, 2.24) is 4.57 Å². The molecule has 10 aromatic carbocycles. The van der Waals surface area contributed by atoms with Crippen LogP contribution in [-0.4, -0.2) is 43.5 Å². The normalized spacial score (nSPS) is 12.3. The molecule has 0 aliphatic carbocycles. The number of benzene rings is 10. The molecule has 0 aliphatic heterocycles. The van der Waals surface area contributed by atoms with Crippen molar-refractivity contribution < 1.29 is 48.4 Å². The van der Waals surface area contributed by atoms with E-state index in [2.05, 4.69) is 0 Å². The molecule has 12 rings (SSSR count). The van der Waals surface area contributed by atoms with E-state index in [1.54, 1.807) is 6.07 Å². The van der Waals surface area contributed by atoms with Crippen molar-refractivity contribution >= 4 is 83.4 Å². The maximum atomic E-state index is 16.1. The minimum atomic E-state index is -5.06. The molecule has 14 nitrogen and oxygen atoms in total. The first kappa shape index (κ1) is 55.7. The number of aromatic nitrogens is 1. The quantitative estimate of drug-likeness (QED) is 0.0525. The highest BCUT2D eigenvalue weighted by molar-refractivity contribution is 7.86. The highest BCUT2D eigenvalue weighted by Crippen LogP contribution is 2.53. The fourth-order valence-corrected chi connectivity index (χ4v) is 13.7. The molecular weight excluding hydrogens is 1140 g/mol. The fraction of sp³-hybridized carbons (Fsp3) is 0.0909. The Morgan fingerprint density at radius 1 is 0.405 bits per heavy atom. The molecular formula is C66H49NO13S4. The Bertz CT molecular complexity index is 4940. The summed E-state index contributed by atoms with van der Waals surface area (Å²) < 4.78 is 124. The lowest BCUT2D eigenvalue weighted by Crippen LogP contribution is -2.34. The Labute approximate surface area is 486 Å². The molecule has 0 unspecified atom stereocenters. The zero-order valence-corrected chi connectivity index (χ0v) is 48.4.